The monoisotopic (exact) mass is 373 g/mol. The number of carbonyl (C=O) groups is 1. The number of thiazole rings is 1. The van der Waals surface area contributed by atoms with Gasteiger partial charge in [-0.2, -0.15) is 0 Å². The summed E-state index contributed by atoms with van der Waals surface area (Å²) in [6.07, 6.45) is 0. The minimum Gasteiger partial charge on any atom is -0.426 e. The van der Waals surface area contributed by atoms with Crippen molar-refractivity contribution in [1.29, 1.82) is 0 Å². The summed E-state index contributed by atoms with van der Waals surface area (Å²) in [5, 5.41) is 2.85. The maximum absolute atomic E-state index is 12.8. The predicted molar refractivity (Wildman–Crippen MR) is 95.3 cm³/mol. The van der Waals surface area contributed by atoms with Crippen LogP contribution in [0.4, 0.5) is 0 Å². The molecule has 1 aromatic carbocycles. The number of rotatable bonds is 1. The molecule has 0 saturated heterocycles. The van der Waals surface area contributed by atoms with Gasteiger partial charge in [-0.3, -0.25) is 9.59 Å². The molecule has 24 heavy (non-hydrogen) atoms. The van der Waals surface area contributed by atoms with Crippen LogP contribution in [0.5, 0.6) is 5.75 Å². The van der Waals surface area contributed by atoms with Crippen LogP contribution in [-0.4, -0.2) is 11.0 Å². The zero-order valence-electron chi connectivity index (χ0n) is 12.2. The number of hydrogen-bond acceptors (Lipinski definition) is 6. The summed E-state index contributed by atoms with van der Waals surface area (Å²) < 4.78 is 5.62. The first-order valence-electron chi connectivity index (χ1n) is 7.46. The smallest absolute Gasteiger partial charge is 0.316 e. The Morgan fingerprint density at radius 2 is 1.96 bits per heavy atom. The second-order valence-electron chi connectivity index (χ2n) is 5.72. The standard InChI is InChI=1S/C17H11NO3S3/c19-16-12-11(8-4-1-2-5-9(8)21-16)14-15(18-17(20)24-14)23-13(12)10-6-3-7-22-10/h1-7,11-13H,(H,18,20)/t11-,12-,13+/m0/s1. The molecule has 0 saturated carbocycles. The molecule has 120 valence electrons. The van der Waals surface area contributed by atoms with E-state index in [1.54, 1.807) is 23.1 Å². The number of thiophene rings is 1. The lowest BCUT2D eigenvalue weighted by atomic mass is 9.80. The summed E-state index contributed by atoms with van der Waals surface area (Å²) >= 11 is 4.40. The molecule has 0 unspecified atom stereocenters. The van der Waals surface area contributed by atoms with Crippen molar-refractivity contribution in [2.24, 2.45) is 5.92 Å². The molecular formula is C17H11NO3S3. The van der Waals surface area contributed by atoms with Gasteiger partial charge in [0.1, 0.15) is 5.75 Å². The largest absolute Gasteiger partial charge is 0.426 e. The van der Waals surface area contributed by atoms with Crippen molar-refractivity contribution in [3.8, 4) is 5.75 Å². The van der Waals surface area contributed by atoms with Crippen molar-refractivity contribution in [3.05, 3.63) is 66.8 Å². The summed E-state index contributed by atoms with van der Waals surface area (Å²) in [4.78, 5) is 29.7. The van der Waals surface area contributed by atoms with Crippen LogP contribution in [0.3, 0.4) is 0 Å². The van der Waals surface area contributed by atoms with Gasteiger partial charge in [-0.05, 0) is 17.5 Å². The average molecular weight is 373 g/mol. The molecule has 0 spiro atoms. The van der Waals surface area contributed by atoms with Gasteiger partial charge in [0, 0.05) is 21.2 Å². The number of fused-ring (bicyclic) bond motifs is 5. The molecule has 2 aliphatic heterocycles. The molecule has 4 heterocycles. The molecule has 0 fully saturated rings. The fourth-order valence-corrected chi connectivity index (χ4v) is 7.00. The van der Waals surface area contributed by atoms with Crippen LogP contribution in [0, 0.1) is 5.92 Å². The number of para-hydroxylation sites is 1. The molecular weight excluding hydrogens is 362 g/mol. The van der Waals surface area contributed by atoms with Gasteiger partial charge >= 0.3 is 10.8 Å². The molecule has 3 atom stereocenters. The van der Waals surface area contributed by atoms with Gasteiger partial charge in [-0.1, -0.05) is 47.4 Å². The highest BCUT2D eigenvalue weighted by Gasteiger charge is 2.49. The Labute approximate surface area is 149 Å². The predicted octanol–water partition coefficient (Wildman–Crippen LogP) is 4.01. The molecule has 0 aliphatic carbocycles. The topological polar surface area (TPSA) is 59.2 Å². The summed E-state index contributed by atoms with van der Waals surface area (Å²) in [7, 11) is 0. The molecule has 0 bridgehead atoms. The van der Waals surface area contributed by atoms with Gasteiger partial charge in [0.2, 0.25) is 0 Å². The Balaban J connectivity index is 1.77. The number of esters is 1. The van der Waals surface area contributed by atoms with Gasteiger partial charge in [-0.25, -0.2) is 0 Å². The number of ether oxygens (including phenoxy) is 1. The van der Waals surface area contributed by atoms with Gasteiger partial charge in [0.15, 0.2) is 0 Å². The highest BCUT2D eigenvalue weighted by atomic mass is 32.2. The zero-order valence-corrected chi connectivity index (χ0v) is 14.7. The quantitative estimate of drug-likeness (QED) is 0.517. The third kappa shape index (κ3) is 2.05. The lowest BCUT2D eigenvalue weighted by molar-refractivity contribution is -0.140. The number of nitrogens with one attached hydrogen (secondary N) is 1. The van der Waals surface area contributed by atoms with Gasteiger partial charge in [0.25, 0.3) is 0 Å². The second kappa shape index (κ2) is 5.34. The number of hydrogen-bond donors (Lipinski definition) is 1. The number of aromatic nitrogens is 1. The van der Waals surface area contributed by atoms with Crippen LogP contribution in [0.15, 0.2) is 51.6 Å². The van der Waals surface area contributed by atoms with Crippen molar-refractivity contribution in [1.82, 2.24) is 4.98 Å². The summed E-state index contributed by atoms with van der Waals surface area (Å²) in [5.74, 6) is -0.0549. The fourth-order valence-electron chi connectivity index (χ4n) is 3.45. The highest BCUT2D eigenvalue weighted by Crippen LogP contribution is 2.59. The van der Waals surface area contributed by atoms with Crippen LogP contribution in [0.1, 0.15) is 26.5 Å². The summed E-state index contributed by atoms with van der Waals surface area (Å²) in [6.45, 7) is 0. The van der Waals surface area contributed by atoms with E-state index in [4.69, 9.17) is 4.74 Å². The first-order chi connectivity index (χ1) is 11.7. The number of H-pyrrole nitrogens is 1. The Kier molecular flexibility index (Phi) is 3.23. The van der Waals surface area contributed by atoms with Crippen molar-refractivity contribution in [3.63, 3.8) is 0 Å². The zero-order chi connectivity index (χ0) is 16.3. The maximum Gasteiger partial charge on any atom is 0.316 e. The molecule has 0 amide bonds. The van der Waals surface area contributed by atoms with E-state index in [2.05, 4.69) is 4.98 Å². The Bertz CT molecular complexity index is 989. The maximum atomic E-state index is 12.8. The lowest BCUT2D eigenvalue weighted by Crippen LogP contribution is -2.37. The van der Waals surface area contributed by atoms with E-state index in [0.717, 1.165) is 20.3 Å². The molecule has 4 nitrogen and oxygen atoms in total. The molecule has 7 heteroatoms. The SMILES string of the molecule is O=C1Oc2ccccc2[C@@H]2c3sc(=O)[nH]c3S[C@H](c3cccs3)[C@@H]12. The van der Waals surface area contributed by atoms with Gasteiger partial charge in [-0.15, -0.1) is 11.3 Å². The number of thioether (sulfide) groups is 1. The first-order valence-corrected chi connectivity index (χ1v) is 10.0. The third-order valence-corrected chi connectivity index (χ3v) is 7.97. The summed E-state index contributed by atoms with van der Waals surface area (Å²) in [6, 6.07) is 11.7. The Morgan fingerprint density at radius 3 is 2.79 bits per heavy atom. The van der Waals surface area contributed by atoms with Crippen molar-refractivity contribution >= 4 is 40.4 Å². The van der Waals surface area contributed by atoms with E-state index < -0.39 is 0 Å². The third-order valence-electron chi connectivity index (χ3n) is 4.42. The van der Waals surface area contributed by atoms with Crippen molar-refractivity contribution < 1.29 is 9.53 Å². The average Bonchev–Trinajstić information content (AvgIpc) is 3.22. The molecule has 2 aliphatic rings. The Hall–Kier alpha value is -1.83. The molecule has 1 N–H and O–H groups in total. The first kappa shape index (κ1) is 14.5. The van der Waals surface area contributed by atoms with Crippen molar-refractivity contribution in [2.75, 3.05) is 0 Å². The lowest BCUT2D eigenvalue weighted by Gasteiger charge is -2.38. The van der Waals surface area contributed by atoms with Crippen LogP contribution in [0.25, 0.3) is 0 Å². The van der Waals surface area contributed by atoms with Crippen LogP contribution in [-0.2, 0) is 4.79 Å². The second-order valence-corrected chi connectivity index (χ2v) is 8.87. The van der Waals surface area contributed by atoms with Gasteiger partial charge < -0.3 is 9.72 Å². The minimum absolute atomic E-state index is 0.0476. The number of carbonyl (C=O) groups excluding carboxylic acids is 1. The number of benzene rings is 1. The normalized spacial score (nSPS) is 24.7. The highest BCUT2D eigenvalue weighted by molar-refractivity contribution is 7.99. The molecule has 5 rings (SSSR count). The molecule has 3 aromatic rings. The molecule has 0 radical (unpaired) electrons. The van der Waals surface area contributed by atoms with Crippen LogP contribution in [0.2, 0.25) is 0 Å². The minimum atomic E-state index is -0.317. The van der Waals surface area contributed by atoms with E-state index in [1.807, 2.05) is 41.8 Å². The van der Waals surface area contributed by atoms with E-state index in [1.165, 1.54) is 11.3 Å². The fraction of sp³-hybridized carbons (Fsp3) is 0.176. The van der Waals surface area contributed by atoms with Crippen LogP contribution >= 0.6 is 34.4 Å². The Morgan fingerprint density at radius 1 is 1.08 bits per heavy atom. The van der Waals surface area contributed by atoms with E-state index in [0.29, 0.717) is 5.75 Å². The van der Waals surface area contributed by atoms with E-state index in [9.17, 15) is 9.59 Å². The van der Waals surface area contributed by atoms with Gasteiger partial charge in [0.05, 0.1) is 16.2 Å². The van der Waals surface area contributed by atoms with E-state index in [-0.39, 0.29) is 27.9 Å². The van der Waals surface area contributed by atoms with Crippen molar-refractivity contribution in [2.45, 2.75) is 16.2 Å². The van der Waals surface area contributed by atoms with E-state index >= 15 is 0 Å². The number of aromatic amines is 1. The summed E-state index contributed by atoms with van der Waals surface area (Å²) in [5.41, 5.74) is 0.987. The molecule has 2 aromatic heterocycles. The van der Waals surface area contributed by atoms with Crippen LogP contribution < -0.4 is 9.61 Å².